The minimum absolute atomic E-state index is 0. The van der Waals surface area contributed by atoms with E-state index in [0.717, 1.165) is 56.4 Å². The molecular formula is C24H39IN4O2S. The highest BCUT2D eigenvalue weighted by atomic mass is 127. The van der Waals surface area contributed by atoms with Crippen LogP contribution in [-0.4, -0.2) is 62.4 Å². The minimum Gasteiger partial charge on any atom is -0.496 e. The Kier molecular flexibility index (Phi) is 12.0. The molecule has 1 aliphatic heterocycles. The van der Waals surface area contributed by atoms with Crippen LogP contribution in [0.25, 0.3) is 0 Å². The molecule has 6 nitrogen and oxygen atoms in total. The van der Waals surface area contributed by atoms with Gasteiger partial charge in [0.25, 0.3) is 0 Å². The number of aliphatic imine (C=N–C) groups is 1. The lowest BCUT2D eigenvalue weighted by Crippen LogP contribution is -2.46. The van der Waals surface area contributed by atoms with Gasteiger partial charge >= 0.3 is 0 Å². The first kappa shape index (κ1) is 27.1. The second kappa shape index (κ2) is 14.2. The average molecular weight is 575 g/mol. The third-order valence-electron chi connectivity index (χ3n) is 6.23. The van der Waals surface area contributed by atoms with Crippen molar-refractivity contribution in [2.24, 2.45) is 16.8 Å². The molecule has 2 unspecified atom stereocenters. The third kappa shape index (κ3) is 8.01. The largest absolute Gasteiger partial charge is 0.496 e. The number of benzene rings is 1. The molecule has 1 saturated heterocycles. The SMILES string of the molecule is CN=C(NCC(C)CSc1ccccc1OC)NC1CCN(C(=O)C2CCCCC2)C1.I. The van der Waals surface area contributed by atoms with E-state index in [9.17, 15) is 4.79 Å². The van der Waals surface area contributed by atoms with Crippen molar-refractivity contribution in [1.82, 2.24) is 15.5 Å². The number of nitrogens with zero attached hydrogens (tertiary/aromatic N) is 2. The van der Waals surface area contributed by atoms with Crippen LogP contribution < -0.4 is 15.4 Å². The summed E-state index contributed by atoms with van der Waals surface area (Å²) in [5.41, 5.74) is 0. The van der Waals surface area contributed by atoms with E-state index in [1.165, 1.54) is 24.2 Å². The van der Waals surface area contributed by atoms with Crippen LogP contribution in [0, 0.1) is 11.8 Å². The number of ether oxygens (including phenoxy) is 1. The molecule has 0 bridgehead atoms. The molecule has 0 spiro atoms. The van der Waals surface area contributed by atoms with E-state index in [1.54, 1.807) is 7.11 Å². The summed E-state index contributed by atoms with van der Waals surface area (Å²) in [6.07, 6.45) is 6.82. The first-order valence-electron chi connectivity index (χ1n) is 11.6. The zero-order chi connectivity index (χ0) is 22.1. The lowest BCUT2D eigenvalue weighted by atomic mass is 9.88. The molecule has 180 valence electrons. The van der Waals surface area contributed by atoms with Gasteiger partial charge in [-0.15, -0.1) is 35.7 Å². The predicted octanol–water partition coefficient (Wildman–Crippen LogP) is 4.39. The van der Waals surface area contributed by atoms with Gasteiger partial charge in [0.2, 0.25) is 5.91 Å². The molecule has 2 fully saturated rings. The Balaban J connectivity index is 0.00000363. The number of rotatable bonds is 8. The molecule has 1 aromatic carbocycles. The summed E-state index contributed by atoms with van der Waals surface area (Å²) in [7, 11) is 3.52. The molecule has 3 rings (SSSR count). The van der Waals surface area contributed by atoms with E-state index in [-0.39, 0.29) is 35.9 Å². The second-order valence-electron chi connectivity index (χ2n) is 8.77. The van der Waals surface area contributed by atoms with Crippen LogP contribution in [0.4, 0.5) is 0 Å². The second-order valence-corrected chi connectivity index (χ2v) is 9.83. The number of para-hydroxylation sites is 1. The molecular weight excluding hydrogens is 535 g/mol. The Morgan fingerprint density at radius 2 is 2.00 bits per heavy atom. The van der Waals surface area contributed by atoms with E-state index in [1.807, 2.05) is 37.0 Å². The monoisotopic (exact) mass is 574 g/mol. The van der Waals surface area contributed by atoms with Crippen LogP contribution in [0.15, 0.2) is 34.2 Å². The van der Waals surface area contributed by atoms with Crippen LogP contribution in [0.3, 0.4) is 0 Å². The van der Waals surface area contributed by atoms with Gasteiger partial charge in [-0.05, 0) is 37.3 Å². The molecule has 1 heterocycles. The molecule has 0 aromatic heterocycles. The third-order valence-corrected chi connectivity index (χ3v) is 7.61. The van der Waals surface area contributed by atoms with Gasteiger partial charge < -0.3 is 20.3 Å². The fourth-order valence-corrected chi connectivity index (χ4v) is 5.42. The van der Waals surface area contributed by atoms with Crippen molar-refractivity contribution in [2.75, 3.05) is 39.5 Å². The van der Waals surface area contributed by atoms with Gasteiger partial charge in [-0.1, -0.05) is 38.3 Å². The number of guanidine groups is 1. The van der Waals surface area contributed by atoms with Crippen molar-refractivity contribution in [3.05, 3.63) is 24.3 Å². The average Bonchev–Trinajstić information content (AvgIpc) is 3.29. The normalized spacial score (nSPS) is 20.4. The molecule has 2 aliphatic rings. The Bertz CT molecular complexity index is 742. The van der Waals surface area contributed by atoms with E-state index in [2.05, 4.69) is 33.5 Å². The highest BCUT2D eigenvalue weighted by Crippen LogP contribution is 2.30. The minimum atomic E-state index is 0. The summed E-state index contributed by atoms with van der Waals surface area (Å²) < 4.78 is 5.44. The van der Waals surface area contributed by atoms with Gasteiger partial charge in [-0.3, -0.25) is 9.79 Å². The van der Waals surface area contributed by atoms with Crippen molar-refractivity contribution >= 4 is 47.6 Å². The number of halogens is 1. The lowest BCUT2D eigenvalue weighted by molar-refractivity contribution is -0.135. The van der Waals surface area contributed by atoms with Crippen LogP contribution in [0.2, 0.25) is 0 Å². The maximum absolute atomic E-state index is 12.8. The highest BCUT2D eigenvalue weighted by Gasteiger charge is 2.31. The van der Waals surface area contributed by atoms with Gasteiger partial charge in [-0.2, -0.15) is 0 Å². The Morgan fingerprint density at radius 3 is 2.72 bits per heavy atom. The number of hydrogen-bond acceptors (Lipinski definition) is 4. The maximum atomic E-state index is 12.8. The van der Waals surface area contributed by atoms with E-state index in [4.69, 9.17) is 4.74 Å². The number of hydrogen-bond donors (Lipinski definition) is 2. The Morgan fingerprint density at radius 1 is 1.25 bits per heavy atom. The molecule has 1 saturated carbocycles. The lowest BCUT2D eigenvalue weighted by Gasteiger charge is -2.26. The van der Waals surface area contributed by atoms with E-state index in [0.29, 0.717) is 11.8 Å². The summed E-state index contributed by atoms with van der Waals surface area (Å²) in [5.74, 6) is 3.85. The van der Waals surface area contributed by atoms with Gasteiger partial charge in [0, 0.05) is 49.3 Å². The summed E-state index contributed by atoms with van der Waals surface area (Å²) in [6.45, 7) is 4.73. The summed E-state index contributed by atoms with van der Waals surface area (Å²) in [5, 5.41) is 6.98. The Labute approximate surface area is 214 Å². The Hall–Kier alpha value is -1.16. The molecule has 2 N–H and O–H groups in total. The van der Waals surface area contributed by atoms with Gasteiger partial charge in [0.15, 0.2) is 5.96 Å². The number of nitrogens with one attached hydrogen (secondary N) is 2. The van der Waals surface area contributed by atoms with E-state index >= 15 is 0 Å². The highest BCUT2D eigenvalue weighted by molar-refractivity contribution is 14.0. The van der Waals surface area contributed by atoms with E-state index < -0.39 is 0 Å². The van der Waals surface area contributed by atoms with Gasteiger partial charge in [0.1, 0.15) is 5.75 Å². The zero-order valence-corrected chi connectivity index (χ0v) is 22.8. The first-order chi connectivity index (χ1) is 15.1. The predicted molar refractivity (Wildman–Crippen MR) is 144 cm³/mol. The molecule has 1 amide bonds. The number of amides is 1. The van der Waals surface area contributed by atoms with Gasteiger partial charge in [-0.25, -0.2) is 0 Å². The molecule has 2 atom stereocenters. The molecule has 1 aliphatic carbocycles. The zero-order valence-electron chi connectivity index (χ0n) is 19.6. The maximum Gasteiger partial charge on any atom is 0.225 e. The molecule has 1 aromatic rings. The topological polar surface area (TPSA) is 66.0 Å². The fourth-order valence-electron chi connectivity index (χ4n) is 4.37. The summed E-state index contributed by atoms with van der Waals surface area (Å²) in [6, 6.07) is 8.42. The van der Waals surface area contributed by atoms with Crippen LogP contribution in [0.1, 0.15) is 45.4 Å². The van der Waals surface area contributed by atoms with Crippen molar-refractivity contribution in [3.8, 4) is 5.75 Å². The molecule has 8 heteroatoms. The number of methoxy groups -OCH3 is 1. The smallest absolute Gasteiger partial charge is 0.225 e. The first-order valence-corrected chi connectivity index (χ1v) is 12.6. The van der Waals surface area contributed by atoms with Crippen LogP contribution >= 0.6 is 35.7 Å². The number of thioether (sulfide) groups is 1. The fraction of sp³-hybridized carbons (Fsp3) is 0.667. The van der Waals surface area contributed by atoms with Crippen LogP contribution in [0.5, 0.6) is 5.75 Å². The van der Waals surface area contributed by atoms with Crippen molar-refractivity contribution in [3.63, 3.8) is 0 Å². The quantitative estimate of drug-likeness (QED) is 0.209. The van der Waals surface area contributed by atoms with Gasteiger partial charge in [0.05, 0.1) is 7.11 Å². The molecule has 0 radical (unpaired) electrons. The number of carbonyl (C=O) groups is 1. The summed E-state index contributed by atoms with van der Waals surface area (Å²) >= 11 is 1.82. The number of likely N-dealkylation sites (tertiary alicyclic amines) is 1. The molecule has 32 heavy (non-hydrogen) atoms. The van der Waals surface area contributed by atoms with Crippen molar-refractivity contribution in [1.29, 1.82) is 0 Å². The number of carbonyl (C=O) groups excluding carboxylic acids is 1. The van der Waals surface area contributed by atoms with Crippen molar-refractivity contribution < 1.29 is 9.53 Å². The standard InChI is InChI=1S/C24H38N4O2S.HI/c1-18(17-31-22-12-8-7-11-21(22)30-3)15-26-24(25-2)27-20-13-14-28(16-20)23(29)19-9-5-4-6-10-19;/h7-8,11-12,18-20H,4-6,9-10,13-17H2,1-3H3,(H2,25,26,27);1H. The summed E-state index contributed by atoms with van der Waals surface area (Å²) in [4.78, 5) is 20.4. The van der Waals surface area contributed by atoms with Crippen molar-refractivity contribution in [2.45, 2.75) is 56.4 Å². The van der Waals surface area contributed by atoms with Crippen LogP contribution in [-0.2, 0) is 4.79 Å².